The Kier molecular flexibility index (Phi) is 4.03. The average Bonchev–Trinajstić information content (AvgIpc) is 2.25. The molecule has 2 heteroatoms. The summed E-state index contributed by atoms with van der Waals surface area (Å²) in [4.78, 5) is 10.8. The summed E-state index contributed by atoms with van der Waals surface area (Å²) in [6, 6.07) is 9.62. The van der Waals surface area contributed by atoms with Gasteiger partial charge in [-0.25, -0.2) is 0 Å². The number of carbonyl (C=O) groups excluding carboxylic acids is 1. The molecule has 1 aromatic carbocycles. The van der Waals surface area contributed by atoms with E-state index in [-0.39, 0.29) is 5.91 Å². The molecular formula is C12H11NO. The van der Waals surface area contributed by atoms with Crippen LogP contribution >= 0.6 is 0 Å². The molecule has 0 atom stereocenters. The number of benzene rings is 1. The van der Waals surface area contributed by atoms with Gasteiger partial charge in [0, 0.05) is 18.7 Å². The van der Waals surface area contributed by atoms with E-state index in [4.69, 9.17) is 0 Å². The van der Waals surface area contributed by atoms with Gasteiger partial charge in [-0.15, -0.1) is 0 Å². The normalized spacial score (nSPS) is 9.21. The molecule has 1 aromatic rings. The van der Waals surface area contributed by atoms with Gasteiger partial charge in [-0.1, -0.05) is 30.0 Å². The second-order valence-electron chi connectivity index (χ2n) is 2.58. The summed E-state index contributed by atoms with van der Waals surface area (Å²) < 4.78 is 0. The summed E-state index contributed by atoms with van der Waals surface area (Å²) in [7, 11) is 1.58. The van der Waals surface area contributed by atoms with Gasteiger partial charge in [-0.3, -0.25) is 4.79 Å². The Hall–Kier alpha value is -2.01. The van der Waals surface area contributed by atoms with Crippen molar-refractivity contribution in [2.75, 3.05) is 7.05 Å². The highest BCUT2D eigenvalue weighted by Gasteiger charge is 1.84. The molecule has 0 aliphatic carbocycles. The monoisotopic (exact) mass is 185 g/mol. The molecule has 14 heavy (non-hydrogen) atoms. The minimum atomic E-state index is -0.146. The number of hydrogen-bond donors (Lipinski definition) is 1. The summed E-state index contributed by atoms with van der Waals surface area (Å²) in [6.07, 6.45) is 2.93. The van der Waals surface area contributed by atoms with Crippen LogP contribution in [0.25, 0.3) is 0 Å². The van der Waals surface area contributed by atoms with E-state index < -0.39 is 0 Å². The number of hydrogen-bond acceptors (Lipinski definition) is 1. The van der Waals surface area contributed by atoms with Crippen molar-refractivity contribution in [3.8, 4) is 11.8 Å². The van der Waals surface area contributed by atoms with Crippen molar-refractivity contribution in [3.05, 3.63) is 48.0 Å². The van der Waals surface area contributed by atoms with E-state index in [1.165, 1.54) is 12.2 Å². The summed E-state index contributed by atoms with van der Waals surface area (Å²) in [5.41, 5.74) is 0.939. The van der Waals surface area contributed by atoms with Crippen molar-refractivity contribution in [1.29, 1.82) is 0 Å². The van der Waals surface area contributed by atoms with Gasteiger partial charge in [0.05, 0.1) is 0 Å². The van der Waals surface area contributed by atoms with Crippen molar-refractivity contribution < 1.29 is 4.79 Å². The van der Waals surface area contributed by atoms with Gasteiger partial charge in [-0.05, 0) is 18.2 Å². The standard InChI is InChI=1S/C12H11NO/c1-13-12(14)10-6-5-9-11-7-3-2-4-8-11/h2-4,6-8,10H,1H3,(H,13,14)/b10-6+. The molecule has 0 aliphatic rings. The first-order valence-corrected chi connectivity index (χ1v) is 4.28. The van der Waals surface area contributed by atoms with Gasteiger partial charge in [0.25, 0.3) is 0 Å². The highest BCUT2D eigenvalue weighted by Crippen LogP contribution is 1.94. The lowest BCUT2D eigenvalue weighted by Gasteiger charge is -1.86. The minimum absolute atomic E-state index is 0.146. The van der Waals surface area contributed by atoms with Gasteiger partial charge < -0.3 is 5.32 Å². The van der Waals surface area contributed by atoms with Gasteiger partial charge >= 0.3 is 0 Å². The zero-order valence-corrected chi connectivity index (χ0v) is 7.95. The molecular weight excluding hydrogens is 174 g/mol. The fraction of sp³-hybridized carbons (Fsp3) is 0.0833. The quantitative estimate of drug-likeness (QED) is 0.519. The molecule has 0 fully saturated rings. The maximum Gasteiger partial charge on any atom is 0.244 e. The predicted octanol–water partition coefficient (Wildman–Crippen LogP) is 1.34. The van der Waals surface area contributed by atoms with Crippen LogP contribution in [-0.2, 0) is 4.79 Å². The molecule has 0 saturated carbocycles. The maximum absolute atomic E-state index is 10.8. The molecule has 0 bridgehead atoms. The Balaban J connectivity index is 2.57. The lowest BCUT2D eigenvalue weighted by atomic mass is 10.2. The average molecular weight is 185 g/mol. The lowest BCUT2D eigenvalue weighted by molar-refractivity contribution is -0.116. The Labute approximate surface area is 83.6 Å². The lowest BCUT2D eigenvalue weighted by Crippen LogP contribution is -2.13. The van der Waals surface area contributed by atoms with Crippen LogP contribution in [0.15, 0.2) is 42.5 Å². The molecule has 1 amide bonds. The summed E-state index contributed by atoms with van der Waals surface area (Å²) in [6.45, 7) is 0. The van der Waals surface area contributed by atoms with Crippen LogP contribution in [0.1, 0.15) is 5.56 Å². The van der Waals surface area contributed by atoms with Crippen molar-refractivity contribution >= 4 is 5.91 Å². The number of likely N-dealkylation sites (N-methyl/N-ethyl adjacent to an activating group) is 1. The summed E-state index contributed by atoms with van der Waals surface area (Å²) >= 11 is 0. The Bertz CT molecular complexity index is 382. The first-order chi connectivity index (χ1) is 6.83. The fourth-order valence-corrected chi connectivity index (χ4v) is 0.847. The molecule has 0 saturated heterocycles. The van der Waals surface area contributed by atoms with Crippen LogP contribution in [0.3, 0.4) is 0 Å². The molecule has 0 aliphatic heterocycles. The molecule has 70 valence electrons. The van der Waals surface area contributed by atoms with Crippen LogP contribution in [0.2, 0.25) is 0 Å². The predicted molar refractivity (Wildman–Crippen MR) is 56.5 cm³/mol. The van der Waals surface area contributed by atoms with E-state index in [9.17, 15) is 4.79 Å². The summed E-state index contributed by atoms with van der Waals surface area (Å²) in [5, 5.41) is 2.47. The van der Waals surface area contributed by atoms with E-state index in [0.717, 1.165) is 5.56 Å². The molecule has 2 nitrogen and oxygen atoms in total. The highest BCUT2D eigenvalue weighted by atomic mass is 16.1. The number of nitrogens with one attached hydrogen (secondary N) is 1. The third-order valence-electron chi connectivity index (χ3n) is 1.55. The van der Waals surface area contributed by atoms with Crippen LogP contribution in [0.5, 0.6) is 0 Å². The van der Waals surface area contributed by atoms with E-state index in [2.05, 4.69) is 17.2 Å². The molecule has 0 aromatic heterocycles. The van der Waals surface area contributed by atoms with E-state index in [1.54, 1.807) is 7.05 Å². The van der Waals surface area contributed by atoms with Gasteiger partial charge in [0.15, 0.2) is 0 Å². The van der Waals surface area contributed by atoms with Crippen molar-refractivity contribution in [2.24, 2.45) is 0 Å². The molecule has 0 heterocycles. The largest absolute Gasteiger partial charge is 0.356 e. The fourth-order valence-electron chi connectivity index (χ4n) is 0.847. The van der Waals surface area contributed by atoms with Crippen LogP contribution in [0, 0.1) is 11.8 Å². The van der Waals surface area contributed by atoms with Crippen LogP contribution in [0.4, 0.5) is 0 Å². The number of carbonyl (C=O) groups is 1. The zero-order chi connectivity index (χ0) is 10.2. The zero-order valence-electron chi connectivity index (χ0n) is 7.95. The van der Waals surface area contributed by atoms with Gasteiger partial charge in [-0.2, -0.15) is 0 Å². The van der Waals surface area contributed by atoms with Crippen LogP contribution in [-0.4, -0.2) is 13.0 Å². The Morgan fingerprint density at radius 2 is 2.07 bits per heavy atom. The van der Waals surface area contributed by atoms with Crippen molar-refractivity contribution in [1.82, 2.24) is 5.32 Å². The third-order valence-corrected chi connectivity index (χ3v) is 1.55. The topological polar surface area (TPSA) is 29.1 Å². The van der Waals surface area contributed by atoms with Crippen molar-refractivity contribution in [3.63, 3.8) is 0 Å². The van der Waals surface area contributed by atoms with E-state index in [1.807, 2.05) is 30.3 Å². The number of amides is 1. The second-order valence-corrected chi connectivity index (χ2v) is 2.58. The van der Waals surface area contributed by atoms with E-state index in [0.29, 0.717) is 0 Å². The van der Waals surface area contributed by atoms with Gasteiger partial charge in [0.1, 0.15) is 0 Å². The third kappa shape index (κ3) is 3.59. The highest BCUT2D eigenvalue weighted by molar-refractivity contribution is 5.87. The molecule has 0 spiro atoms. The molecule has 0 radical (unpaired) electrons. The second kappa shape index (κ2) is 5.60. The number of rotatable bonds is 1. The van der Waals surface area contributed by atoms with Crippen LogP contribution < -0.4 is 5.32 Å². The summed E-state index contributed by atoms with van der Waals surface area (Å²) in [5.74, 6) is 5.54. The Morgan fingerprint density at radius 3 is 2.71 bits per heavy atom. The smallest absolute Gasteiger partial charge is 0.244 e. The molecule has 1 N–H and O–H groups in total. The van der Waals surface area contributed by atoms with Gasteiger partial charge in [0.2, 0.25) is 5.91 Å². The number of allylic oxidation sites excluding steroid dienone is 1. The SMILES string of the molecule is CNC(=O)/C=C/C#Cc1ccccc1. The minimum Gasteiger partial charge on any atom is -0.356 e. The first-order valence-electron chi connectivity index (χ1n) is 4.28. The first kappa shape index (κ1) is 10.1. The maximum atomic E-state index is 10.8. The Morgan fingerprint density at radius 1 is 1.36 bits per heavy atom. The molecule has 1 rings (SSSR count). The molecule has 0 unspecified atom stereocenters. The van der Waals surface area contributed by atoms with Crippen molar-refractivity contribution in [2.45, 2.75) is 0 Å². The van der Waals surface area contributed by atoms with E-state index >= 15 is 0 Å².